The molecule has 0 aliphatic carbocycles. The lowest BCUT2D eigenvalue weighted by atomic mass is 10.2. The van der Waals surface area contributed by atoms with E-state index in [-0.39, 0.29) is 10.9 Å². The third-order valence-electron chi connectivity index (χ3n) is 3.75. The number of halogens is 2. The summed E-state index contributed by atoms with van der Waals surface area (Å²) in [5.41, 5.74) is 1.43. The van der Waals surface area contributed by atoms with Crippen LogP contribution in [0.15, 0.2) is 22.8 Å². The summed E-state index contributed by atoms with van der Waals surface area (Å²) in [5, 5.41) is 18.6. The first-order valence-electron chi connectivity index (χ1n) is 7.56. The summed E-state index contributed by atoms with van der Waals surface area (Å²) < 4.78 is 23.3. The van der Waals surface area contributed by atoms with Gasteiger partial charge in [0.2, 0.25) is 0 Å². The Kier molecular flexibility index (Phi) is 5.39. The predicted octanol–water partition coefficient (Wildman–Crippen LogP) is 2.17. The summed E-state index contributed by atoms with van der Waals surface area (Å²) in [6.07, 6.45) is 0.618. The van der Waals surface area contributed by atoms with E-state index in [0.717, 1.165) is 32.8 Å². The van der Waals surface area contributed by atoms with Gasteiger partial charge in [0, 0.05) is 31.7 Å². The van der Waals surface area contributed by atoms with Crippen molar-refractivity contribution in [2.45, 2.75) is 6.42 Å². The molecule has 1 aliphatic rings. The minimum atomic E-state index is -0.511. The third-order valence-corrected chi connectivity index (χ3v) is 4.04. The van der Waals surface area contributed by atoms with Crippen LogP contribution >= 0.6 is 11.6 Å². The Hall–Kier alpha value is -2.03. The van der Waals surface area contributed by atoms with E-state index >= 15 is 0 Å². The van der Waals surface area contributed by atoms with Crippen molar-refractivity contribution in [3.8, 4) is 0 Å². The summed E-state index contributed by atoms with van der Waals surface area (Å²) >= 11 is 5.74. The smallest absolute Gasteiger partial charge is 0.172 e. The first-order chi connectivity index (χ1) is 11.6. The Morgan fingerprint density at radius 3 is 2.88 bits per heavy atom. The van der Waals surface area contributed by atoms with Gasteiger partial charge in [0.05, 0.1) is 18.2 Å². The van der Waals surface area contributed by atoms with E-state index in [2.05, 4.69) is 20.5 Å². The van der Waals surface area contributed by atoms with Gasteiger partial charge in [-0.2, -0.15) is 0 Å². The molecule has 0 spiro atoms. The highest BCUT2D eigenvalue weighted by Crippen LogP contribution is 2.20. The number of hydrogen-bond donors (Lipinski definition) is 2. The topological polar surface area (TPSA) is 87.3 Å². The Morgan fingerprint density at radius 1 is 1.33 bits per heavy atom. The van der Waals surface area contributed by atoms with Crippen molar-refractivity contribution in [2.75, 3.05) is 38.2 Å². The number of amidine groups is 1. The highest BCUT2D eigenvalue weighted by atomic mass is 35.5. The number of nitrogens with one attached hydrogen (secondary N) is 2. The maximum absolute atomic E-state index is 13.2. The van der Waals surface area contributed by atoms with Crippen LogP contribution in [-0.4, -0.2) is 53.9 Å². The third kappa shape index (κ3) is 4.08. The predicted molar refractivity (Wildman–Crippen MR) is 87.1 cm³/mol. The van der Waals surface area contributed by atoms with Crippen molar-refractivity contribution in [2.24, 2.45) is 0 Å². The van der Waals surface area contributed by atoms with Crippen molar-refractivity contribution in [1.29, 1.82) is 5.41 Å². The van der Waals surface area contributed by atoms with E-state index in [1.807, 2.05) is 0 Å². The molecule has 2 N–H and O–H groups in total. The number of hydrogen-bond acceptors (Lipinski definition) is 6. The highest BCUT2D eigenvalue weighted by Gasteiger charge is 2.18. The largest absolute Gasteiger partial charge is 0.379 e. The zero-order valence-electron chi connectivity index (χ0n) is 12.9. The number of ether oxygens (including phenoxy) is 1. The number of rotatable bonds is 5. The summed E-state index contributed by atoms with van der Waals surface area (Å²) in [5.74, 6) is -0.487. The molecular weight excluding hydrogens is 337 g/mol. The fourth-order valence-corrected chi connectivity index (χ4v) is 2.61. The van der Waals surface area contributed by atoms with Gasteiger partial charge in [0.15, 0.2) is 11.5 Å². The Labute approximate surface area is 143 Å². The van der Waals surface area contributed by atoms with Gasteiger partial charge >= 0.3 is 0 Å². The van der Waals surface area contributed by atoms with Gasteiger partial charge in [-0.1, -0.05) is 16.8 Å². The van der Waals surface area contributed by atoms with Crippen LogP contribution in [0.2, 0.25) is 5.02 Å². The molecule has 1 aromatic heterocycles. The van der Waals surface area contributed by atoms with E-state index in [0.29, 0.717) is 23.5 Å². The first kappa shape index (κ1) is 16.8. The Morgan fingerprint density at radius 2 is 2.12 bits per heavy atom. The second-order valence-electron chi connectivity index (χ2n) is 5.39. The van der Waals surface area contributed by atoms with Crippen LogP contribution in [-0.2, 0) is 11.2 Å². The molecule has 2 aromatic rings. The average molecular weight is 354 g/mol. The fourth-order valence-electron chi connectivity index (χ4n) is 2.43. The van der Waals surface area contributed by atoms with Gasteiger partial charge in [-0.3, -0.25) is 10.3 Å². The zero-order chi connectivity index (χ0) is 16.9. The summed E-state index contributed by atoms with van der Waals surface area (Å²) in [7, 11) is 0. The molecule has 0 saturated carbocycles. The SMILES string of the molecule is N=C(Nc1ccc(F)c(Cl)c1)c1nonc1CCN1CCOCC1. The van der Waals surface area contributed by atoms with Crippen molar-refractivity contribution < 1.29 is 13.8 Å². The van der Waals surface area contributed by atoms with Crippen LogP contribution < -0.4 is 5.32 Å². The molecule has 0 bridgehead atoms. The first-order valence-corrected chi connectivity index (χ1v) is 7.94. The highest BCUT2D eigenvalue weighted by molar-refractivity contribution is 6.31. The van der Waals surface area contributed by atoms with Gasteiger partial charge in [0.25, 0.3) is 0 Å². The minimum Gasteiger partial charge on any atom is -0.379 e. The van der Waals surface area contributed by atoms with Crippen molar-refractivity contribution in [3.63, 3.8) is 0 Å². The van der Waals surface area contributed by atoms with Crippen LogP contribution in [0.25, 0.3) is 0 Å². The second kappa shape index (κ2) is 7.69. The van der Waals surface area contributed by atoms with Gasteiger partial charge in [-0.05, 0) is 23.4 Å². The van der Waals surface area contributed by atoms with Crippen molar-refractivity contribution >= 4 is 23.1 Å². The van der Waals surface area contributed by atoms with Crippen LogP contribution in [0.5, 0.6) is 0 Å². The number of anilines is 1. The molecule has 1 aromatic carbocycles. The zero-order valence-corrected chi connectivity index (χ0v) is 13.6. The summed E-state index contributed by atoms with van der Waals surface area (Å²) in [6, 6.07) is 4.14. The molecule has 128 valence electrons. The van der Waals surface area contributed by atoms with E-state index in [9.17, 15) is 4.39 Å². The molecule has 9 heteroatoms. The van der Waals surface area contributed by atoms with Crippen LogP contribution in [0.3, 0.4) is 0 Å². The maximum atomic E-state index is 13.2. The second-order valence-corrected chi connectivity index (χ2v) is 5.80. The van der Waals surface area contributed by atoms with Crippen LogP contribution in [0.1, 0.15) is 11.4 Å². The average Bonchev–Trinajstić information content (AvgIpc) is 3.06. The lowest BCUT2D eigenvalue weighted by Gasteiger charge is -2.26. The molecule has 7 nitrogen and oxygen atoms in total. The maximum Gasteiger partial charge on any atom is 0.172 e. The number of nitrogens with zero attached hydrogens (tertiary/aromatic N) is 3. The number of aromatic nitrogens is 2. The lowest BCUT2D eigenvalue weighted by molar-refractivity contribution is 0.0382. The minimum absolute atomic E-state index is 0.0152. The van der Waals surface area contributed by atoms with Gasteiger partial charge in [-0.25, -0.2) is 9.02 Å². The summed E-state index contributed by atoms with van der Waals surface area (Å²) in [4.78, 5) is 2.26. The molecule has 1 aliphatic heterocycles. The standard InChI is InChI=1S/C15H17ClFN5O2/c16-11-9-10(1-2-12(11)17)19-15(18)14-13(20-24-21-14)3-4-22-5-7-23-8-6-22/h1-2,9H,3-8H2,(H2,18,19). The molecule has 0 amide bonds. The molecule has 0 radical (unpaired) electrons. The van der Waals surface area contributed by atoms with E-state index in [1.54, 1.807) is 0 Å². The Bertz CT molecular complexity index is 718. The molecular formula is C15H17ClFN5O2. The number of benzene rings is 1. The Balaban J connectivity index is 1.62. The molecule has 2 heterocycles. The van der Waals surface area contributed by atoms with Crippen molar-refractivity contribution in [3.05, 3.63) is 40.4 Å². The number of morpholine rings is 1. The van der Waals surface area contributed by atoms with Gasteiger partial charge in [0.1, 0.15) is 11.5 Å². The van der Waals surface area contributed by atoms with E-state index in [4.69, 9.17) is 26.4 Å². The molecule has 24 heavy (non-hydrogen) atoms. The van der Waals surface area contributed by atoms with E-state index < -0.39 is 5.82 Å². The van der Waals surface area contributed by atoms with Gasteiger partial charge in [-0.15, -0.1) is 0 Å². The molecule has 0 unspecified atom stereocenters. The van der Waals surface area contributed by atoms with Gasteiger partial charge < -0.3 is 10.1 Å². The quantitative estimate of drug-likeness (QED) is 0.633. The molecule has 0 atom stereocenters. The molecule has 3 rings (SSSR count). The molecule has 1 saturated heterocycles. The fraction of sp³-hybridized carbons (Fsp3) is 0.400. The summed E-state index contributed by atoms with van der Waals surface area (Å²) in [6.45, 7) is 4.01. The lowest BCUT2D eigenvalue weighted by Crippen LogP contribution is -2.37. The normalized spacial score (nSPS) is 15.4. The molecule has 1 fully saturated rings. The van der Waals surface area contributed by atoms with Crippen molar-refractivity contribution in [1.82, 2.24) is 15.2 Å². The van der Waals surface area contributed by atoms with Crippen LogP contribution in [0.4, 0.5) is 10.1 Å². The van der Waals surface area contributed by atoms with E-state index in [1.165, 1.54) is 18.2 Å². The monoisotopic (exact) mass is 353 g/mol. The van der Waals surface area contributed by atoms with Crippen LogP contribution in [0, 0.1) is 11.2 Å².